The lowest BCUT2D eigenvalue weighted by molar-refractivity contribution is 0.228. The maximum absolute atomic E-state index is 11.9. The Morgan fingerprint density at radius 1 is 1.53 bits per heavy atom. The van der Waals surface area contributed by atoms with Crippen molar-refractivity contribution in [2.75, 3.05) is 13.2 Å². The molecular weight excluding hydrogens is 217 g/mol. The second kappa shape index (κ2) is 7.26. The van der Waals surface area contributed by atoms with Crippen LogP contribution in [-0.2, 0) is 13.6 Å². The van der Waals surface area contributed by atoms with Gasteiger partial charge in [-0.25, -0.2) is 0 Å². The van der Waals surface area contributed by atoms with Crippen molar-refractivity contribution in [3.8, 4) is 0 Å². The molecule has 0 radical (unpaired) electrons. The molecule has 0 fully saturated rings. The van der Waals surface area contributed by atoms with Gasteiger partial charge in [0.15, 0.2) is 0 Å². The van der Waals surface area contributed by atoms with Crippen LogP contribution in [0.4, 0.5) is 0 Å². The zero-order valence-electron chi connectivity index (χ0n) is 8.79. The predicted octanol–water partition coefficient (Wildman–Crippen LogP) is 3.59. The third kappa shape index (κ3) is 5.40. The Balaban J connectivity index is 4.99. The van der Waals surface area contributed by atoms with Gasteiger partial charge in [-0.05, 0) is 19.4 Å². The van der Waals surface area contributed by atoms with E-state index in [4.69, 9.17) is 14.6 Å². The Bertz CT molecular complexity index is 324. The van der Waals surface area contributed by atoms with Crippen molar-refractivity contribution in [1.82, 2.24) is 0 Å². The summed E-state index contributed by atoms with van der Waals surface area (Å²) in [5.74, 6) is 1.16. The van der Waals surface area contributed by atoms with Crippen LogP contribution < -0.4 is 0 Å². The van der Waals surface area contributed by atoms with E-state index >= 15 is 0 Å². The van der Waals surface area contributed by atoms with Gasteiger partial charge in [0.25, 0.3) is 0 Å². The fourth-order valence-corrected chi connectivity index (χ4v) is 2.23. The van der Waals surface area contributed by atoms with E-state index in [1.54, 1.807) is 13.8 Å². The van der Waals surface area contributed by atoms with Crippen molar-refractivity contribution in [3.05, 3.63) is 34.6 Å². The standard InChI is InChI=1S/C8H14N3O3P/c1-4-8(10-11-9)7-15(12,13-5-2)14-6-3/h4,7H,1,5-6H2,2-3H3/b8-7+. The van der Waals surface area contributed by atoms with Gasteiger partial charge < -0.3 is 9.05 Å². The van der Waals surface area contributed by atoms with Gasteiger partial charge in [0.1, 0.15) is 0 Å². The van der Waals surface area contributed by atoms with Gasteiger partial charge in [-0.2, -0.15) is 0 Å². The fourth-order valence-electron chi connectivity index (χ4n) is 0.805. The summed E-state index contributed by atoms with van der Waals surface area (Å²) in [5.41, 5.74) is 8.35. The fraction of sp³-hybridized carbons (Fsp3) is 0.500. The number of rotatable bonds is 7. The normalized spacial score (nSPS) is 12.0. The molecule has 0 aromatic heterocycles. The second-order valence-corrected chi connectivity index (χ2v) is 4.18. The lowest BCUT2D eigenvalue weighted by Gasteiger charge is -2.12. The van der Waals surface area contributed by atoms with Crippen LogP contribution in [0.25, 0.3) is 10.4 Å². The van der Waals surface area contributed by atoms with E-state index in [1.807, 2.05) is 0 Å². The number of azide groups is 1. The SMILES string of the molecule is C=C/C(=C\P(=O)(OCC)OCC)N=[N+]=[N-]. The molecule has 0 heterocycles. The van der Waals surface area contributed by atoms with Gasteiger partial charge in [-0.3, -0.25) is 4.57 Å². The number of hydrogen-bond acceptors (Lipinski definition) is 4. The van der Waals surface area contributed by atoms with Gasteiger partial charge in [0.2, 0.25) is 0 Å². The van der Waals surface area contributed by atoms with Gasteiger partial charge in [-0.1, -0.05) is 17.8 Å². The molecule has 0 aromatic rings. The molecule has 0 bridgehead atoms. The minimum atomic E-state index is -3.32. The molecule has 0 amide bonds. The zero-order chi connectivity index (χ0) is 11.7. The molecule has 0 aliphatic rings. The molecule has 7 heteroatoms. The van der Waals surface area contributed by atoms with Crippen LogP contribution in [0.15, 0.2) is 29.3 Å². The molecule has 0 aliphatic heterocycles. The minimum Gasteiger partial charge on any atom is -0.306 e. The topological polar surface area (TPSA) is 84.3 Å². The average Bonchev–Trinajstić information content (AvgIpc) is 2.17. The summed E-state index contributed by atoms with van der Waals surface area (Å²) in [4.78, 5) is 2.56. The molecular formula is C8H14N3O3P. The molecule has 0 atom stereocenters. The van der Waals surface area contributed by atoms with Gasteiger partial charge in [-0.15, -0.1) is 0 Å². The molecule has 84 valence electrons. The third-order valence-electron chi connectivity index (χ3n) is 1.28. The van der Waals surface area contributed by atoms with Crippen LogP contribution in [0.1, 0.15) is 13.8 Å². The van der Waals surface area contributed by atoms with Crippen molar-refractivity contribution in [2.24, 2.45) is 5.11 Å². The molecule has 0 N–H and O–H groups in total. The zero-order valence-corrected chi connectivity index (χ0v) is 9.68. The molecule has 0 rings (SSSR count). The summed E-state index contributed by atoms with van der Waals surface area (Å²) in [6.45, 7) is 7.30. The van der Waals surface area contributed by atoms with Gasteiger partial charge in [0, 0.05) is 16.4 Å². The first kappa shape index (κ1) is 13.9. The Morgan fingerprint density at radius 3 is 2.40 bits per heavy atom. The van der Waals surface area contributed by atoms with Crippen LogP contribution in [-0.4, -0.2) is 13.2 Å². The van der Waals surface area contributed by atoms with Crippen LogP contribution in [0.5, 0.6) is 0 Å². The minimum absolute atomic E-state index is 0.128. The van der Waals surface area contributed by atoms with Crippen LogP contribution in [0, 0.1) is 0 Å². The Labute approximate surface area is 88.7 Å². The Hall–Kier alpha value is -1.06. The third-order valence-corrected chi connectivity index (χ3v) is 3.09. The summed E-state index contributed by atoms with van der Waals surface area (Å²) >= 11 is 0. The summed E-state index contributed by atoms with van der Waals surface area (Å²) in [6, 6.07) is 0. The molecule has 0 spiro atoms. The highest BCUT2D eigenvalue weighted by atomic mass is 31.2. The Kier molecular flexibility index (Phi) is 6.75. The molecule has 0 saturated heterocycles. The average molecular weight is 231 g/mol. The Morgan fingerprint density at radius 2 is 2.07 bits per heavy atom. The smallest absolute Gasteiger partial charge is 0.306 e. The van der Waals surface area contributed by atoms with Crippen molar-refractivity contribution in [3.63, 3.8) is 0 Å². The number of nitrogens with zero attached hydrogens (tertiary/aromatic N) is 3. The quantitative estimate of drug-likeness (QED) is 0.220. The van der Waals surface area contributed by atoms with E-state index in [1.165, 1.54) is 6.08 Å². The molecule has 6 nitrogen and oxygen atoms in total. The molecule has 0 aliphatic carbocycles. The number of allylic oxidation sites excluding steroid dienone is 1. The van der Waals surface area contributed by atoms with E-state index in [2.05, 4.69) is 16.6 Å². The van der Waals surface area contributed by atoms with E-state index < -0.39 is 7.60 Å². The van der Waals surface area contributed by atoms with Crippen LogP contribution >= 0.6 is 7.60 Å². The highest BCUT2D eigenvalue weighted by Gasteiger charge is 2.20. The van der Waals surface area contributed by atoms with E-state index in [-0.39, 0.29) is 18.9 Å². The van der Waals surface area contributed by atoms with E-state index in [0.29, 0.717) is 0 Å². The molecule has 0 unspecified atom stereocenters. The van der Waals surface area contributed by atoms with Crippen molar-refractivity contribution >= 4 is 7.60 Å². The van der Waals surface area contributed by atoms with Crippen molar-refractivity contribution in [2.45, 2.75) is 13.8 Å². The summed E-state index contributed by atoms with van der Waals surface area (Å²) < 4.78 is 21.9. The molecule has 0 saturated carbocycles. The lowest BCUT2D eigenvalue weighted by Crippen LogP contribution is -1.93. The van der Waals surface area contributed by atoms with Crippen LogP contribution in [0.3, 0.4) is 0 Å². The largest absolute Gasteiger partial charge is 0.354 e. The first-order valence-corrected chi connectivity index (χ1v) is 6.02. The highest BCUT2D eigenvalue weighted by Crippen LogP contribution is 2.50. The first-order chi connectivity index (χ1) is 7.11. The first-order valence-electron chi connectivity index (χ1n) is 4.41. The monoisotopic (exact) mass is 231 g/mol. The van der Waals surface area contributed by atoms with Gasteiger partial charge in [0.05, 0.1) is 13.2 Å². The summed E-state index contributed by atoms with van der Waals surface area (Å²) in [7, 11) is -3.32. The van der Waals surface area contributed by atoms with E-state index in [9.17, 15) is 4.57 Å². The molecule has 15 heavy (non-hydrogen) atoms. The molecule has 0 aromatic carbocycles. The summed E-state index contributed by atoms with van der Waals surface area (Å²) in [5, 5.41) is 3.28. The van der Waals surface area contributed by atoms with Gasteiger partial charge >= 0.3 is 7.60 Å². The maximum Gasteiger partial charge on any atom is 0.354 e. The summed E-state index contributed by atoms with van der Waals surface area (Å²) in [6.07, 6.45) is 1.28. The van der Waals surface area contributed by atoms with Crippen molar-refractivity contribution < 1.29 is 13.6 Å². The van der Waals surface area contributed by atoms with Crippen molar-refractivity contribution in [1.29, 1.82) is 0 Å². The van der Waals surface area contributed by atoms with E-state index in [0.717, 1.165) is 5.82 Å². The second-order valence-electron chi connectivity index (χ2n) is 2.32. The maximum atomic E-state index is 11.9. The van der Waals surface area contributed by atoms with Crippen LogP contribution in [0.2, 0.25) is 0 Å². The number of hydrogen-bond donors (Lipinski definition) is 0. The lowest BCUT2D eigenvalue weighted by atomic mass is 10.5. The predicted molar refractivity (Wildman–Crippen MR) is 58.3 cm³/mol. The highest BCUT2D eigenvalue weighted by molar-refractivity contribution is 7.57.